The molecule has 0 aliphatic carbocycles. The van der Waals surface area contributed by atoms with Gasteiger partial charge in [-0.05, 0) is 24.4 Å². The van der Waals surface area contributed by atoms with Crippen LogP contribution in [0.1, 0.15) is 0 Å². The van der Waals surface area contributed by atoms with Crippen molar-refractivity contribution in [2.24, 2.45) is 0 Å². The second kappa shape index (κ2) is 4.94. The third kappa shape index (κ3) is 2.42. The third-order valence-corrected chi connectivity index (χ3v) is 3.65. The molecule has 0 unspecified atom stereocenters. The summed E-state index contributed by atoms with van der Waals surface area (Å²) in [5.41, 5.74) is 1.79. The summed E-state index contributed by atoms with van der Waals surface area (Å²) >= 11 is 6.48. The molecule has 7 heteroatoms. The molecule has 0 fully saturated rings. The molecule has 0 aliphatic heterocycles. The molecular formula is C12H10N4OS2. The van der Waals surface area contributed by atoms with Gasteiger partial charge in [-0.3, -0.25) is 10.2 Å². The number of aromatic amines is 2. The Bertz CT molecular complexity index is 759. The normalized spacial score (nSPS) is 10.6. The van der Waals surface area contributed by atoms with E-state index in [1.807, 2.05) is 29.6 Å². The smallest absolute Gasteiger partial charge is 0.213 e. The Labute approximate surface area is 118 Å². The van der Waals surface area contributed by atoms with E-state index >= 15 is 0 Å². The second-order valence-electron chi connectivity index (χ2n) is 3.79. The Morgan fingerprint density at radius 1 is 1.26 bits per heavy atom. The number of rotatable bonds is 3. The Morgan fingerprint density at radius 3 is 2.89 bits per heavy atom. The van der Waals surface area contributed by atoms with Crippen molar-refractivity contribution in [1.29, 1.82) is 0 Å². The maximum Gasteiger partial charge on any atom is 0.213 e. The van der Waals surface area contributed by atoms with Crippen molar-refractivity contribution >= 4 is 23.6 Å². The highest BCUT2D eigenvalue weighted by Gasteiger charge is 2.09. The quantitative estimate of drug-likeness (QED) is 0.727. The number of ether oxygens (including phenoxy) is 1. The lowest BCUT2D eigenvalue weighted by molar-refractivity contribution is 0.415. The van der Waals surface area contributed by atoms with E-state index < -0.39 is 0 Å². The highest BCUT2D eigenvalue weighted by atomic mass is 32.1. The molecule has 1 aromatic carbocycles. The topological polar surface area (TPSA) is 66.6 Å². The molecular weight excluding hydrogens is 280 g/mol. The molecule has 0 spiro atoms. The highest BCUT2D eigenvalue weighted by Crippen LogP contribution is 2.29. The molecule has 0 bridgehead atoms. The van der Waals surface area contributed by atoms with Crippen LogP contribution >= 0.6 is 23.6 Å². The summed E-state index contributed by atoms with van der Waals surface area (Å²) in [5.74, 6) is 1.46. The van der Waals surface area contributed by atoms with E-state index in [0.717, 1.165) is 22.0 Å². The molecule has 0 aliphatic rings. The minimum Gasteiger partial charge on any atom is -0.497 e. The van der Waals surface area contributed by atoms with E-state index in [9.17, 15) is 0 Å². The first-order valence-corrected chi connectivity index (χ1v) is 6.80. The lowest BCUT2D eigenvalue weighted by Crippen LogP contribution is -1.84. The van der Waals surface area contributed by atoms with Crippen LogP contribution in [0.4, 0.5) is 0 Å². The van der Waals surface area contributed by atoms with Crippen molar-refractivity contribution in [3.63, 3.8) is 0 Å². The van der Waals surface area contributed by atoms with Gasteiger partial charge in [-0.15, -0.1) is 11.3 Å². The van der Waals surface area contributed by atoms with Crippen LogP contribution < -0.4 is 4.74 Å². The van der Waals surface area contributed by atoms with Gasteiger partial charge < -0.3 is 4.74 Å². The van der Waals surface area contributed by atoms with Gasteiger partial charge in [0.1, 0.15) is 16.5 Å². The van der Waals surface area contributed by atoms with Gasteiger partial charge in [-0.2, -0.15) is 4.98 Å². The lowest BCUT2D eigenvalue weighted by atomic mass is 10.2. The van der Waals surface area contributed by atoms with Gasteiger partial charge in [-0.25, -0.2) is 4.98 Å². The highest BCUT2D eigenvalue weighted by molar-refractivity contribution is 7.71. The van der Waals surface area contributed by atoms with E-state index in [0.29, 0.717) is 10.6 Å². The number of hydrogen-bond donors (Lipinski definition) is 2. The molecule has 19 heavy (non-hydrogen) atoms. The van der Waals surface area contributed by atoms with Crippen molar-refractivity contribution in [2.75, 3.05) is 7.11 Å². The second-order valence-corrected chi connectivity index (χ2v) is 5.03. The summed E-state index contributed by atoms with van der Waals surface area (Å²) in [4.78, 5) is 8.69. The number of nitrogens with one attached hydrogen (secondary N) is 2. The van der Waals surface area contributed by atoms with Gasteiger partial charge in [0.15, 0.2) is 5.82 Å². The molecule has 2 heterocycles. The Morgan fingerprint density at radius 2 is 2.16 bits per heavy atom. The molecule has 2 N–H and O–H groups in total. The zero-order chi connectivity index (χ0) is 13.2. The first-order valence-electron chi connectivity index (χ1n) is 5.51. The molecule has 96 valence electrons. The minimum absolute atomic E-state index is 0.422. The molecule has 3 rings (SSSR count). The average Bonchev–Trinajstić information content (AvgIpc) is 3.07. The average molecular weight is 290 g/mol. The van der Waals surface area contributed by atoms with Crippen molar-refractivity contribution in [3.05, 3.63) is 34.4 Å². The summed E-state index contributed by atoms with van der Waals surface area (Å²) in [5, 5.41) is 8.50. The van der Waals surface area contributed by atoms with Gasteiger partial charge in [0.25, 0.3) is 0 Å². The Hall–Kier alpha value is -1.99. The number of hydrogen-bond acceptors (Lipinski definition) is 5. The lowest BCUT2D eigenvalue weighted by Gasteiger charge is -2.00. The number of aromatic nitrogens is 4. The van der Waals surface area contributed by atoms with E-state index in [1.165, 1.54) is 0 Å². The van der Waals surface area contributed by atoms with Crippen LogP contribution in [0.25, 0.3) is 22.1 Å². The Kier molecular flexibility index (Phi) is 3.14. The SMILES string of the molecule is COc1cccc(-c2nc(-c3nc(=S)[nH][nH]3)cs2)c1. The number of nitrogens with zero attached hydrogens (tertiary/aromatic N) is 2. The Balaban J connectivity index is 1.98. The van der Waals surface area contributed by atoms with Gasteiger partial charge in [0, 0.05) is 10.9 Å². The van der Waals surface area contributed by atoms with Crippen LogP contribution in [0.2, 0.25) is 0 Å². The maximum atomic E-state index is 5.21. The number of methoxy groups -OCH3 is 1. The van der Waals surface area contributed by atoms with Crippen LogP contribution in [0.3, 0.4) is 0 Å². The summed E-state index contributed by atoms with van der Waals surface area (Å²) in [6.45, 7) is 0. The van der Waals surface area contributed by atoms with Crippen LogP contribution in [-0.2, 0) is 0 Å². The summed E-state index contributed by atoms with van der Waals surface area (Å²) in [7, 11) is 1.65. The molecule has 0 saturated carbocycles. The standard InChI is InChI=1S/C12H10N4OS2/c1-17-8-4-2-3-7(5-8)11-13-9(6-19-11)10-14-12(18)16-15-10/h2-6H,1H3,(H2,14,15,16,18). The van der Waals surface area contributed by atoms with Crippen molar-refractivity contribution in [2.45, 2.75) is 0 Å². The predicted molar refractivity (Wildman–Crippen MR) is 76.9 cm³/mol. The molecule has 0 amide bonds. The minimum atomic E-state index is 0.422. The largest absolute Gasteiger partial charge is 0.497 e. The fraction of sp³-hybridized carbons (Fsp3) is 0.0833. The van der Waals surface area contributed by atoms with Crippen molar-refractivity contribution in [1.82, 2.24) is 20.2 Å². The summed E-state index contributed by atoms with van der Waals surface area (Å²) in [6, 6.07) is 7.80. The monoisotopic (exact) mass is 290 g/mol. The molecule has 3 aromatic rings. The molecule has 2 aromatic heterocycles. The zero-order valence-electron chi connectivity index (χ0n) is 10.0. The van der Waals surface area contributed by atoms with E-state index in [1.54, 1.807) is 18.4 Å². The van der Waals surface area contributed by atoms with Crippen LogP contribution in [0.15, 0.2) is 29.6 Å². The maximum absolute atomic E-state index is 5.21. The molecule has 0 radical (unpaired) electrons. The first-order chi connectivity index (χ1) is 9.26. The fourth-order valence-electron chi connectivity index (χ4n) is 1.66. The van der Waals surface area contributed by atoms with Crippen molar-refractivity contribution in [3.8, 4) is 27.8 Å². The number of H-pyrrole nitrogens is 2. The molecule has 0 saturated heterocycles. The molecule has 0 atom stereocenters. The van der Waals surface area contributed by atoms with Crippen LogP contribution in [0.5, 0.6) is 5.75 Å². The molecule has 5 nitrogen and oxygen atoms in total. The number of benzene rings is 1. The summed E-state index contributed by atoms with van der Waals surface area (Å²) in [6.07, 6.45) is 0. The zero-order valence-corrected chi connectivity index (χ0v) is 11.6. The summed E-state index contributed by atoms with van der Waals surface area (Å²) < 4.78 is 5.63. The van der Waals surface area contributed by atoms with Gasteiger partial charge >= 0.3 is 0 Å². The van der Waals surface area contributed by atoms with Crippen molar-refractivity contribution < 1.29 is 4.74 Å². The first kappa shape index (κ1) is 12.1. The van der Waals surface area contributed by atoms with Crippen LogP contribution in [0, 0.1) is 4.77 Å². The number of thiazole rings is 1. The third-order valence-electron chi connectivity index (χ3n) is 2.56. The van der Waals surface area contributed by atoms with E-state index in [4.69, 9.17) is 17.0 Å². The van der Waals surface area contributed by atoms with Gasteiger partial charge in [-0.1, -0.05) is 12.1 Å². The van der Waals surface area contributed by atoms with Gasteiger partial charge in [0.2, 0.25) is 4.77 Å². The van der Waals surface area contributed by atoms with E-state index in [2.05, 4.69) is 20.2 Å². The predicted octanol–water partition coefficient (Wildman–Crippen LogP) is 3.27. The van der Waals surface area contributed by atoms with Crippen LogP contribution in [-0.4, -0.2) is 27.3 Å². The fourth-order valence-corrected chi connectivity index (χ4v) is 2.61. The van der Waals surface area contributed by atoms with Gasteiger partial charge in [0.05, 0.1) is 7.11 Å². The van der Waals surface area contributed by atoms with E-state index in [-0.39, 0.29) is 0 Å².